The predicted molar refractivity (Wildman–Crippen MR) is 172 cm³/mol. The Kier molecular flexibility index (Phi) is 6.19. The summed E-state index contributed by atoms with van der Waals surface area (Å²) in [6, 6.07) is 23.4. The summed E-state index contributed by atoms with van der Waals surface area (Å²) in [5.74, 6) is 2.66. The average Bonchev–Trinajstić information content (AvgIpc) is 3.44. The fraction of sp³-hybridized carbons (Fsp3) is 0.333. The second kappa shape index (κ2) is 10.1. The average molecular weight is 572 g/mol. The number of hydrogen-bond donors (Lipinski definition) is 1. The van der Waals surface area contributed by atoms with Crippen LogP contribution in [0.2, 0.25) is 0 Å². The molecule has 218 valence electrons. The molecular weight excluding hydrogens is 534 g/mol. The molecular formula is C36H37N5O2. The molecule has 2 bridgehead atoms. The number of methoxy groups -OCH3 is 1. The highest BCUT2D eigenvalue weighted by atomic mass is 16.5. The molecule has 3 aromatic carbocycles. The Balaban J connectivity index is 1.20. The first kappa shape index (κ1) is 26.3. The van der Waals surface area contributed by atoms with Gasteiger partial charge in [-0.2, -0.15) is 0 Å². The van der Waals surface area contributed by atoms with Gasteiger partial charge in [0.05, 0.1) is 18.3 Å². The first-order chi connectivity index (χ1) is 21.0. The number of imidazole rings is 1. The number of fused-ring (bicyclic) bond motifs is 4. The van der Waals surface area contributed by atoms with E-state index in [-0.39, 0.29) is 18.0 Å². The molecule has 1 amide bonds. The molecule has 2 aliphatic carbocycles. The highest BCUT2D eigenvalue weighted by Crippen LogP contribution is 2.40. The lowest BCUT2D eigenvalue weighted by atomic mass is 10.1. The van der Waals surface area contributed by atoms with Crippen molar-refractivity contribution in [1.29, 1.82) is 0 Å². The van der Waals surface area contributed by atoms with Gasteiger partial charge in [0.2, 0.25) is 0 Å². The number of benzene rings is 3. The molecule has 3 aliphatic rings. The van der Waals surface area contributed by atoms with Crippen molar-refractivity contribution in [2.45, 2.75) is 44.3 Å². The Hall–Kier alpha value is -4.36. The van der Waals surface area contributed by atoms with E-state index in [0.29, 0.717) is 23.1 Å². The van der Waals surface area contributed by atoms with Crippen molar-refractivity contribution in [3.8, 4) is 17.3 Å². The number of carbonyl (C=O) groups excluding carboxylic acids is 1. The van der Waals surface area contributed by atoms with E-state index in [2.05, 4.69) is 69.8 Å². The number of nitrogens with zero attached hydrogens (tertiary/aromatic N) is 4. The minimum atomic E-state index is 0.0222. The number of amides is 1. The van der Waals surface area contributed by atoms with Crippen LogP contribution < -0.4 is 10.5 Å². The minimum absolute atomic E-state index is 0.0222. The summed E-state index contributed by atoms with van der Waals surface area (Å²) >= 11 is 0. The van der Waals surface area contributed by atoms with Crippen LogP contribution in [0.25, 0.3) is 45.6 Å². The van der Waals surface area contributed by atoms with E-state index < -0.39 is 0 Å². The third-order valence-corrected chi connectivity index (χ3v) is 9.88. The number of ether oxygens (including phenoxy) is 1. The summed E-state index contributed by atoms with van der Waals surface area (Å²) in [6.45, 7) is 1.71. The third-order valence-electron chi connectivity index (χ3n) is 9.88. The monoisotopic (exact) mass is 571 g/mol. The van der Waals surface area contributed by atoms with E-state index in [9.17, 15) is 4.79 Å². The number of aryl methyl sites for hydroxylation is 1. The van der Waals surface area contributed by atoms with Gasteiger partial charge in [0, 0.05) is 48.7 Å². The lowest BCUT2D eigenvalue weighted by molar-refractivity contribution is 0.0700. The number of piperidine rings is 1. The van der Waals surface area contributed by atoms with Crippen LogP contribution in [-0.2, 0) is 13.6 Å². The largest absolute Gasteiger partial charge is 0.494 e. The van der Waals surface area contributed by atoms with Gasteiger partial charge in [-0.05, 0) is 79.0 Å². The van der Waals surface area contributed by atoms with Crippen molar-refractivity contribution in [3.05, 3.63) is 83.4 Å². The maximum atomic E-state index is 13.7. The van der Waals surface area contributed by atoms with Crippen LogP contribution in [0.15, 0.2) is 66.7 Å². The van der Waals surface area contributed by atoms with Crippen molar-refractivity contribution in [1.82, 2.24) is 19.0 Å². The Morgan fingerprint density at radius 1 is 1.00 bits per heavy atom. The first-order valence-electron chi connectivity index (χ1n) is 15.5. The fourth-order valence-corrected chi connectivity index (χ4v) is 7.36. The summed E-state index contributed by atoms with van der Waals surface area (Å²) in [7, 11) is 3.71. The molecule has 3 heterocycles. The number of rotatable bonds is 7. The molecule has 3 fully saturated rings. The summed E-state index contributed by atoms with van der Waals surface area (Å²) in [4.78, 5) is 20.8. The molecule has 1 saturated heterocycles. The van der Waals surface area contributed by atoms with E-state index in [1.54, 1.807) is 7.11 Å². The molecule has 2 aromatic heterocycles. The van der Waals surface area contributed by atoms with Crippen LogP contribution in [0, 0.1) is 11.8 Å². The van der Waals surface area contributed by atoms with Gasteiger partial charge in [-0.25, -0.2) is 4.98 Å². The highest BCUT2D eigenvalue weighted by Gasteiger charge is 2.47. The second-order valence-corrected chi connectivity index (χ2v) is 12.6. The van der Waals surface area contributed by atoms with E-state index in [1.165, 1.54) is 29.3 Å². The molecule has 7 heteroatoms. The van der Waals surface area contributed by atoms with Crippen molar-refractivity contribution >= 4 is 40.0 Å². The maximum Gasteiger partial charge on any atom is 0.254 e. The zero-order valence-electron chi connectivity index (χ0n) is 24.7. The molecule has 0 spiro atoms. The number of hydrogen-bond acceptors (Lipinski definition) is 4. The molecule has 7 nitrogen and oxygen atoms in total. The first-order valence-corrected chi connectivity index (χ1v) is 15.5. The topological polar surface area (TPSA) is 78.3 Å². The number of carbonyl (C=O) groups is 1. The standard InChI is InChI=1S/C36H37N5O2/c1-39-34-28(17-27(19-32(34)43-2)36(42)41-21-25-13-15-30(41)33(25)37)38-35(39)31-18-26-16-23(9-8-22-6-4-3-5-7-22)12-14-29(26)40(31)20-24-10-11-24/h3-9,12,14,16-19,24-25,30,33H,10-11,13,15,20-21,37H2,1-2H3/b9-8+/t25-,30?,33?/m1/s1. The molecule has 3 atom stereocenters. The zero-order chi connectivity index (χ0) is 29.2. The van der Waals surface area contributed by atoms with Gasteiger partial charge >= 0.3 is 0 Å². The summed E-state index contributed by atoms with van der Waals surface area (Å²) < 4.78 is 10.4. The van der Waals surface area contributed by atoms with Gasteiger partial charge in [0.25, 0.3) is 5.91 Å². The molecule has 5 aromatic rings. The zero-order valence-corrected chi connectivity index (χ0v) is 24.7. The molecule has 2 saturated carbocycles. The Labute approximate surface area is 251 Å². The molecule has 2 unspecified atom stereocenters. The van der Waals surface area contributed by atoms with E-state index >= 15 is 0 Å². The smallest absolute Gasteiger partial charge is 0.254 e. The fourth-order valence-electron chi connectivity index (χ4n) is 7.36. The molecule has 1 aliphatic heterocycles. The molecule has 8 rings (SSSR count). The van der Waals surface area contributed by atoms with Gasteiger partial charge in [-0.1, -0.05) is 48.6 Å². The van der Waals surface area contributed by atoms with E-state index in [1.807, 2.05) is 30.1 Å². The van der Waals surface area contributed by atoms with Crippen molar-refractivity contribution in [2.75, 3.05) is 13.7 Å². The van der Waals surface area contributed by atoms with Gasteiger partial charge in [0.1, 0.15) is 11.3 Å². The second-order valence-electron chi connectivity index (χ2n) is 12.6. The summed E-state index contributed by atoms with van der Waals surface area (Å²) in [5.41, 5.74) is 13.3. The van der Waals surface area contributed by atoms with E-state index in [0.717, 1.165) is 54.0 Å². The third kappa shape index (κ3) is 4.45. The van der Waals surface area contributed by atoms with Crippen molar-refractivity contribution < 1.29 is 9.53 Å². The van der Waals surface area contributed by atoms with Gasteiger partial charge in [0.15, 0.2) is 5.82 Å². The Bertz CT molecular complexity index is 1900. The van der Waals surface area contributed by atoms with Crippen LogP contribution in [0.5, 0.6) is 5.75 Å². The van der Waals surface area contributed by atoms with Gasteiger partial charge < -0.3 is 24.5 Å². The van der Waals surface area contributed by atoms with E-state index in [4.69, 9.17) is 15.5 Å². The van der Waals surface area contributed by atoms with Gasteiger partial charge in [-0.15, -0.1) is 0 Å². The molecule has 43 heavy (non-hydrogen) atoms. The number of nitrogens with two attached hydrogens (primary N) is 1. The lowest BCUT2D eigenvalue weighted by Gasteiger charge is -2.27. The lowest BCUT2D eigenvalue weighted by Crippen LogP contribution is -2.41. The van der Waals surface area contributed by atoms with Crippen molar-refractivity contribution in [2.24, 2.45) is 24.6 Å². The normalized spacial score (nSPS) is 21.6. The molecule has 2 N–H and O–H groups in total. The maximum absolute atomic E-state index is 13.7. The summed E-state index contributed by atoms with van der Waals surface area (Å²) in [6.07, 6.45) is 8.95. The number of likely N-dealkylation sites (tertiary alicyclic amines) is 1. The minimum Gasteiger partial charge on any atom is -0.494 e. The Morgan fingerprint density at radius 3 is 2.53 bits per heavy atom. The number of aromatic nitrogens is 3. The van der Waals surface area contributed by atoms with Crippen LogP contribution in [0.1, 0.15) is 47.2 Å². The summed E-state index contributed by atoms with van der Waals surface area (Å²) in [5, 5.41) is 1.20. The SMILES string of the molecule is COc1cc(C(=O)N2C[C@H]3CCC2C3N)cc2nc(-c3cc4cc(/C=C/c5ccccc5)ccc4n3CC3CC3)n(C)c12. The molecule has 0 radical (unpaired) electrons. The van der Waals surface area contributed by atoms with Crippen LogP contribution in [-0.4, -0.2) is 50.7 Å². The van der Waals surface area contributed by atoms with Crippen LogP contribution in [0.4, 0.5) is 0 Å². The Morgan fingerprint density at radius 2 is 1.81 bits per heavy atom. The van der Waals surface area contributed by atoms with Crippen LogP contribution >= 0.6 is 0 Å². The van der Waals surface area contributed by atoms with Crippen molar-refractivity contribution in [3.63, 3.8) is 0 Å². The quantitative estimate of drug-likeness (QED) is 0.231. The van der Waals surface area contributed by atoms with Gasteiger partial charge in [-0.3, -0.25) is 4.79 Å². The van der Waals surface area contributed by atoms with Crippen LogP contribution in [0.3, 0.4) is 0 Å². The predicted octanol–water partition coefficient (Wildman–Crippen LogP) is 6.35. The highest BCUT2D eigenvalue weighted by molar-refractivity contribution is 6.00.